The monoisotopic (exact) mass is 483 g/mol. The smallest absolute Gasteiger partial charge is 0.255 e. The molecule has 4 aromatic rings. The topological polar surface area (TPSA) is 113 Å². The molecule has 1 amide bonds. The Kier molecular flexibility index (Phi) is 5.82. The summed E-state index contributed by atoms with van der Waals surface area (Å²) in [5, 5.41) is 5.12. The first-order valence-electron chi connectivity index (χ1n) is 10.8. The quantitative estimate of drug-likeness (QED) is 0.387. The third kappa shape index (κ3) is 4.21. The van der Waals surface area contributed by atoms with Gasteiger partial charge < -0.3 is 20.9 Å². The highest BCUT2D eigenvalue weighted by atomic mass is 35.5. The molecular weight excluding hydrogens is 461 g/mol. The van der Waals surface area contributed by atoms with Crippen LogP contribution in [0.5, 0.6) is 0 Å². The van der Waals surface area contributed by atoms with Gasteiger partial charge in [0.2, 0.25) is 0 Å². The van der Waals surface area contributed by atoms with Crippen molar-refractivity contribution in [2.24, 2.45) is 11.7 Å². The van der Waals surface area contributed by atoms with Crippen LogP contribution >= 0.6 is 23.2 Å². The Labute approximate surface area is 200 Å². The highest BCUT2D eigenvalue weighted by Gasteiger charge is 2.27. The number of amides is 1. The van der Waals surface area contributed by atoms with Gasteiger partial charge in [0, 0.05) is 23.5 Å². The van der Waals surface area contributed by atoms with E-state index in [0.29, 0.717) is 52.5 Å². The number of hydrogen-bond acceptors (Lipinski definition) is 6. The zero-order valence-electron chi connectivity index (χ0n) is 18.0. The van der Waals surface area contributed by atoms with E-state index >= 15 is 0 Å². The summed E-state index contributed by atoms with van der Waals surface area (Å²) in [5.41, 5.74) is 8.54. The number of carbonyl (C=O) groups is 1. The van der Waals surface area contributed by atoms with E-state index in [1.165, 1.54) is 6.33 Å². The summed E-state index contributed by atoms with van der Waals surface area (Å²) in [6.07, 6.45) is 2.38. The SMILES string of the molecule is C[C@H](Nc1ncnc2cc(C(=O)N3CC[C@@H](CN)C3)c(Cl)cc12)c1nc2ccc(Cl)cc2[nH]1. The number of anilines is 1. The maximum absolute atomic E-state index is 13.0. The zero-order chi connectivity index (χ0) is 23.1. The van der Waals surface area contributed by atoms with Crippen LogP contribution in [0.25, 0.3) is 21.9 Å². The lowest BCUT2D eigenvalue weighted by Gasteiger charge is -2.18. The largest absolute Gasteiger partial charge is 0.360 e. The van der Waals surface area contributed by atoms with Crippen LogP contribution in [-0.2, 0) is 0 Å². The summed E-state index contributed by atoms with van der Waals surface area (Å²) in [7, 11) is 0. The number of likely N-dealkylation sites (tertiary alicyclic amines) is 1. The molecule has 2 aromatic heterocycles. The van der Waals surface area contributed by atoms with Crippen LogP contribution in [0.3, 0.4) is 0 Å². The third-order valence-corrected chi connectivity index (χ3v) is 6.63. The van der Waals surface area contributed by atoms with Crippen LogP contribution in [0.1, 0.15) is 35.6 Å². The van der Waals surface area contributed by atoms with Crippen LogP contribution in [0.4, 0.5) is 5.82 Å². The Balaban J connectivity index is 1.43. The number of carbonyl (C=O) groups excluding carboxylic acids is 1. The summed E-state index contributed by atoms with van der Waals surface area (Å²) in [6, 6.07) is 8.83. The van der Waals surface area contributed by atoms with Crippen LogP contribution in [0.15, 0.2) is 36.7 Å². The van der Waals surface area contributed by atoms with E-state index in [1.807, 2.05) is 25.1 Å². The predicted octanol–water partition coefficient (Wildman–Crippen LogP) is 4.41. The lowest BCUT2D eigenvalue weighted by Crippen LogP contribution is -2.30. The maximum Gasteiger partial charge on any atom is 0.255 e. The van der Waals surface area contributed by atoms with Gasteiger partial charge in [0.1, 0.15) is 18.0 Å². The van der Waals surface area contributed by atoms with Gasteiger partial charge in [-0.25, -0.2) is 15.0 Å². The molecule has 0 unspecified atom stereocenters. The van der Waals surface area contributed by atoms with Gasteiger partial charge in [-0.05, 0) is 56.1 Å². The second kappa shape index (κ2) is 8.78. The number of rotatable bonds is 5. The summed E-state index contributed by atoms with van der Waals surface area (Å²) in [5.74, 6) is 1.60. The minimum absolute atomic E-state index is 0.0970. The van der Waals surface area contributed by atoms with Crippen LogP contribution in [0, 0.1) is 5.92 Å². The van der Waals surface area contributed by atoms with Gasteiger partial charge in [0.15, 0.2) is 0 Å². The number of nitrogens with two attached hydrogens (primary N) is 1. The lowest BCUT2D eigenvalue weighted by molar-refractivity contribution is 0.0788. The summed E-state index contributed by atoms with van der Waals surface area (Å²) in [4.78, 5) is 31.6. The molecule has 3 heterocycles. The van der Waals surface area contributed by atoms with Crippen LogP contribution in [0.2, 0.25) is 10.0 Å². The molecule has 1 saturated heterocycles. The van der Waals surface area contributed by atoms with Crippen LogP contribution in [-0.4, -0.2) is 50.4 Å². The number of halogens is 2. The van der Waals surface area contributed by atoms with Crippen molar-refractivity contribution in [1.29, 1.82) is 0 Å². The Hall–Kier alpha value is -2.94. The van der Waals surface area contributed by atoms with Gasteiger partial charge in [0.25, 0.3) is 5.91 Å². The Morgan fingerprint density at radius 3 is 2.91 bits per heavy atom. The van der Waals surface area contributed by atoms with E-state index in [9.17, 15) is 4.79 Å². The molecular formula is C23H23Cl2N7O. The first-order chi connectivity index (χ1) is 15.9. The van der Waals surface area contributed by atoms with E-state index in [-0.39, 0.29) is 11.9 Å². The van der Waals surface area contributed by atoms with Gasteiger partial charge in [0.05, 0.1) is 33.2 Å². The molecule has 0 aliphatic carbocycles. The standard InChI is InChI=1S/C23H23Cl2N7O/c1-12(21-30-18-3-2-14(24)6-20(18)31-21)29-22-16-7-17(25)15(8-19(16)27-11-28-22)23(33)32-5-4-13(9-26)10-32/h2-3,6-8,11-13H,4-5,9-10,26H2,1H3,(H,30,31)(H,27,28,29)/t12-,13-/m0/s1. The zero-order valence-corrected chi connectivity index (χ0v) is 19.5. The first-order valence-corrected chi connectivity index (χ1v) is 11.5. The number of nitrogens with zero attached hydrogens (tertiary/aromatic N) is 4. The van der Waals surface area contributed by atoms with Gasteiger partial charge in [-0.3, -0.25) is 4.79 Å². The fraction of sp³-hybridized carbons (Fsp3) is 0.304. The van der Waals surface area contributed by atoms with E-state index in [4.69, 9.17) is 28.9 Å². The van der Waals surface area contributed by atoms with Crippen molar-refractivity contribution >= 4 is 56.9 Å². The number of aromatic nitrogens is 4. The summed E-state index contributed by atoms with van der Waals surface area (Å²) < 4.78 is 0. The van der Waals surface area contributed by atoms with Crippen molar-refractivity contribution in [3.05, 3.63) is 58.1 Å². The highest BCUT2D eigenvalue weighted by Crippen LogP contribution is 2.31. The minimum atomic E-state index is -0.174. The number of nitrogens with one attached hydrogen (secondary N) is 2. The molecule has 8 nitrogen and oxygen atoms in total. The Morgan fingerprint density at radius 1 is 1.27 bits per heavy atom. The molecule has 170 valence electrons. The molecule has 0 bridgehead atoms. The molecule has 1 aliphatic heterocycles. The molecule has 2 aromatic carbocycles. The molecule has 10 heteroatoms. The van der Waals surface area contributed by atoms with Crippen molar-refractivity contribution in [2.45, 2.75) is 19.4 Å². The molecule has 4 N–H and O–H groups in total. The predicted molar refractivity (Wildman–Crippen MR) is 131 cm³/mol. The van der Waals surface area contributed by atoms with Gasteiger partial charge in [-0.15, -0.1) is 0 Å². The maximum atomic E-state index is 13.0. The minimum Gasteiger partial charge on any atom is -0.360 e. The van der Waals surface area contributed by atoms with E-state index in [1.54, 1.807) is 17.0 Å². The molecule has 0 saturated carbocycles. The Morgan fingerprint density at radius 2 is 2.12 bits per heavy atom. The fourth-order valence-corrected chi connectivity index (χ4v) is 4.63. The molecule has 33 heavy (non-hydrogen) atoms. The van der Waals surface area contributed by atoms with E-state index in [0.717, 1.165) is 28.7 Å². The number of imidazole rings is 1. The van der Waals surface area contributed by atoms with Crippen molar-refractivity contribution in [3.63, 3.8) is 0 Å². The van der Waals surface area contributed by atoms with Gasteiger partial charge in [-0.1, -0.05) is 23.2 Å². The normalized spacial score (nSPS) is 17.1. The third-order valence-electron chi connectivity index (χ3n) is 6.09. The lowest BCUT2D eigenvalue weighted by atomic mass is 10.1. The number of benzene rings is 2. The molecule has 1 fully saturated rings. The van der Waals surface area contributed by atoms with Crippen molar-refractivity contribution in [2.75, 3.05) is 25.0 Å². The number of aromatic amines is 1. The molecule has 0 radical (unpaired) electrons. The average Bonchev–Trinajstić information content (AvgIpc) is 3.45. The van der Waals surface area contributed by atoms with Crippen molar-refractivity contribution < 1.29 is 4.79 Å². The van der Waals surface area contributed by atoms with Crippen LogP contribution < -0.4 is 11.1 Å². The summed E-state index contributed by atoms with van der Waals surface area (Å²) >= 11 is 12.6. The summed E-state index contributed by atoms with van der Waals surface area (Å²) in [6.45, 7) is 3.90. The second-order valence-electron chi connectivity index (χ2n) is 8.36. The number of hydrogen-bond donors (Lipinski definition) is 3. The molecule has 5 rings (SSSR count). The molecule has 2 atom stereocenters. The molecule has 1 aliphatic rings. The van der Waals surface area contributed by atoms with Crippen molar-refractivity contribution in [3.8, 4) is 0 Å². The second-order valence-corrected chi connectivity index (χ2v) is 9.21. The molecule has 0 spiro atoms. The highest BCUT2D eigenvalue weighted by molar-refractivity contribution is 6.35. The van der Waals surface area contributed by atoms with Gasteiger partial charge in [-0.2, -0.15) is 0 Å². The fourth-order valence-electron chi connectivity index (χ4n) is 4.22. The average molecular weight is 484 g/mol. The van der Waals surface area contributed by atoms with Gasteiger partial charge >= 0.3 is 0 Å². The number of H-pyrrole nitrogens is 1. The van der Waals surface area contributed by atoms with E-state index < -0.39 is 0 Å². The first kappa shape index (κ1) is 21.9. The Bertz CT molecular complexity index is 1360. The number of fused-ring (bicyclic) bond motifs is 2. The van der Waals surface area contributed by atoms with Crippen molar-refractivity contribution in [1.82, 2.24) is 24.8 Å². The van der Waals surface area contributed by atoms with E-state index in [2.05, 4.69) is 25.3 Å².